The van der Waals surface area contributed by atoms with E-state index in [1.54, 1.807) is 0 Å². The molecule has 21 heavy (non-hydrogen) atoms. The van der Waals surface area contributed by atoms with Crippen LogP contribution in [0.2, 0.25) is 0 Å². The lowest BCUT2D eigenvalue weighted by Crippen LogP contribution is -2.47. The minimum Gasteiger partial charge on any atom is -0.331 e. The summed E-state index contributed by atoms with van der Waals surface area (Å²) in [5.41, 5.74) is 0.489. The average Bonchev–Trinajstić information content (AvgIpc) is 2.28. The third kappa shape index (κ3) is 13.3. The van der Waals surface area contributed by atoms with Crippen LogP contribution in [0, 0.1) is 5.41 Å². The van der Waals surface area contributed by atoms with E-state index >= 15 is 0 Å². The maximum Gasteiger partial charge on any atom is 0.0834 e. The summed E-state index contributed by atoms with van der Waals surface area (Å²) in [5, 5.41) is 0. The Balaban J connectivity index is 3.87. The summed E-state index contributed by atoms with van der Waals surface area (Å²) in [6.07, 6.45) is 9.62. The van der Waals surface area contributed by atoms with Crippen molar-refractivity contribution in [2.75, 3.05) is 54.9 Å². The highest BCUT2D eigenvalue weighted by molar-refractivity contribution is 4.67. The Bertz CT molecular complexity index is 261. The van der Waals surface area contributed by atoms with Gasteiger partial charge in [-0.15, -0.1) is 0 Å². The fraction of sp³-hybridized carbons (Fsp3) is 1.00. The molecule has 0 aliphatic carbocycles. The van der Waals surface area contributed by atoms with Gasteiger partial charge in [0.1, 0.15) is 0 Å². The lowest BCUT2D eigenvalue weighted by Gasteiger charge is -2.37. The molecule has 0 spiro atoms. The normalized spacial score (nSPS) is 13.7. The van der Waals surface area contributed by atoms with Crippen molar-refractivity contribution in [1.29, 1.82) is 0 Å². The maximum atomic E-state index is 2.45. The molecule has 0 saturated carbocycles. The molecule has 0 heterocycles. The van der Waals surface area contributed by atoms with Crippen LogP contribution in [-0.4, -0.2) is 63.8 Å². The van der Waals surface area contributed by atoms with E-state index in [1.165, 1.54) is 69.1 Å². The average molecular weight is 301 g/mol. The standard InChI is InChI=1S/C19H44N2/c1-9-10-15-19(2,3)18-21(7,8)17-14-12-11-13-16-20(4,5)6/h9-18H2,1-8H3/q+2. The SMILES string of the molecule is CCCCC(C)(C)C[N+](C)(C)CCCCCC[N+](C)(C)C. The van der Waals surface area contributed by atoms with Crippen molar-refractivity contribution in [3.8, 4) is 0 Å². The van der Waals surface area contributed by atoms with E-state index < -0.39 is 0 Å². The van der Waals surface area contributed by atoms with Crippen LogP contribution in [0.5, 0.6) is 0 Å². The summed E-state index contributed by atoms with van der Waals surface area (Å²) in [6.45, 7) is 11.1. The molecule has 0 aromatic rings. The molecule has 0 radical (unpaired) electrons. The molecule has 0 unspecified atom stereocenters. The first kappa shape index (κ1) is 20.9. The van der Waals surface area contributed by atoms with Gasteiger partial charge in [-0.1, -0.05) is 33.6 Å². The molecule has 0 bridgehead atoms. The van der Waals surface area contributed by atoms with E-state index in [0.29, 0.717) is 5.41 Å². The van der Waals surface area contributed by atoms with Gasteiger partial charge in [0, 0.05) is 5.41 Å². The molecule has 128 valence electrons. The van der Waals surface area contributed by atoms with Crippen molar-refractivity contribution in [3.63, 3.8) is 0 Å². The molecule has 0 aromatic heterocycles. The molecule has 0 aliphatic heterocycles. The first-order valence-corrected chi connectivity index (χ1v) is 9.10. The fourth-order valence-electron chi connectivity index (χ4n) is 3.45. The summed E-state index contributed by atoms with van der Waals surface area (Å²) in [7, 11) is 11.7. The number of hydrogen-bond donors (Lipinski definition) is 0. The van der Waals surface area contributed by atoms with Gasteiger partial charge < -0.3 is 8.97 Å². The molecule has 0 aromatic carbocycles. The summed E-state index contributed by atoms with van der Waals surface area (Å²) in [4.78, 5) is 0. The summed E-state index contributed by atoms with van der Waals surface area (Å²) in [5.74, 6) is 0. The van der Waals surface area contributed by atoms with Gasteiger partial charge in [0.2, 0.25) is 0 Å². The quantitative estimate of drug-likeness (QED) is 0.366. The Hall–Kier alpha value is -0.0800. The number of unbranched alkanes of at least 4 members (excludes halogenated alkanes) is 4. The van der Waals surface area contributed by atoms with Crippen molar-refractivity contribution in [1.82, 2.24) is 0 Å². The third-order valence-electron chi connectivity index (χ3n) is 4.41. The Morgan fingerprint density at radius 3 is 1.71 bits per heavy atom. The van der Waals surface area contributed by atoms with Gasteiger partial charge in [0.05, 0.1) is 54.9 Å². The van der Waals surface area contributed by atoms with E-state index in [1.807, 2.05) is 0 Å². The largest absolute Gasteiger partial charge is 0.331 e. The third-order valence-corrected chi connectivity index (χ3v) is 4.41. The van der Waals surface area contributed by atoms with Crippen LogP contribution in [0.15, 0.2) is 0 Å². The van der Waals surface area contributed by atoms with Crippen LogP contribution in [-0.2, 0) is 0 Å². The molecule has 0 fully saturated rings. The van der Waals surface area contributed by atoms with E-state index in [4.69, 9.17) is 0 Å². The van der Waals surface area contributed by atoms with Gasteiger partial charge in [-0.25, -0.2) is 0 Å². The van der Waals surface area contributed by atoms with Crippen LogP contribution < -0.4 is 0 Å². The molecular weight excluding hydrogens is 256 g/mol. The minimum atomic E-state index is 0.489. The molecule has 2 nitrogen and oxygen atoms in total. The highest BCUT2D eigenvalue weighted by Gasteiger charge is 2.27. The van der Waals surface area contributed by atoms with Crippen molar-refractivity contribution in [2.45, 2.75) is 65.7 Å². The van der Waals surface area contributed by atoms with E-state index in [0.717, 1.165) is 4.48 Å². The lowest BCUT2D eigenvalue weighted by atomic mass is 9.86. The topological polar surface area (TPSA) is 0 Å². The molecule has 0 N–H and O–H groups in total. The number of rotatable bonds is 12. The van der Waals surface area contributed by atoms with Crippen molar-refractivity contribution in [2.24, 2.45) is 5.41 Å². The van der Waals surface area contributed by atoms with Crippen molar-refractivity contribution in [3.05, 3.63) is 0 Å². The Labute approximate surface area is 135 Å². The number of hydrogen-bond acceptors (Lipinski definition) is 0. The molecular formula is C19H44N2+2. The van der Waals surface area contributed by atoms with Crippen LogP contribution in [0.3, 0.4) is 0 Å². The Morgan fingerprint density at radius 1 is 0.714 bits per heavy atom. The summed E-state index contributed by atoms with van der Waals surface area (Å²) < 4.78 is 2.29. The second-order valence-electron chi connectivity index (χ2n) is 9.51. The summed E-state index contributed by atoms with van der Waals surface area (Å²) in [6, 6.07) is 0. The zero-order valence-electron chi connectivity index (χ0n) is 16.5. The van der Waals surface area contributed by atoms with Crippen LogP contribution in [0.1, 0.15) is 65.7 Å². The molecule has 0 saturated heterocycles. The maximum absolute atomic E-state index is 2.45. The highest BCUT2D eigenvalue weighted by atomic mass is 15.3. The minimum absolute atomic E-state index is 0.489. The van der Waals surface area contributed by atoms with Crippen molar-refractivity contribution >= 4 is 0 Å². The van der Waals surface area contributed by atoms with E-state index in [-0.39, 0.29) is 0 Å². The second-order valence-corrected chi connectivity index (χ2v) is 9.51. The Morgan fingerprint density at radius 2 is 1.24 bits per heavy atom. The van der Waals surface area contributed by atoms with Crippen LogP contribution in [0.4, 0.5) is 0 Å². The van der Waals surface area contributed by atoms with Gasteiger partial charge in [0.15, 0.2) is 0 Å². The number of nitrogens with zero attached hydrogens (tertiary/aromatic N) is 2. The monoisotopic (exact) mass is 300 g/mol. The lowest BCUT2D eigenvalue weighted by molar-refractivity contribution is -0.896. The first-order chi connectivity index (χ1) is 9.47. The zero-order chi connectivity index (χ0) is 16.6. The molecule has 0 amide bonds. The number of quaternary nitrogens is 2. The van der Waals surface area contributed by atoms with Crippen molar-refractivity contribution < 1.29 is 8.97 Å². The van der Waals surface area contributed by atoms with Crippen LogP contribution >= 0.6 is 0 Å². The van der Waals surface area contributed by atoms with Gasteiger partial charge in [-0.05, 0) is 32.1 Å². The molecule has 2 heteroatoms. The fourth-order valence-corrected chi connectivity index (χ4v) is 3.45. The van der Waals surface area contributed by atoms with E-state index in [9.17, 15) is 0 Å². The Kier molecular flexibility index (Phi) is 9.11. The smallest absolute Gasteiger partial charge is 0.0834 e. The van der Waals surface area contributed by atoms with Gasteiger partial charge >= 0.3 is 0 Å². The van der Waals surface area contributed by atoms with Gasteiger partial charge in [-0.3, -0.25) is 0 Å². The molecule has 0 atom stereocenters. The van der Waals surface area contributed by atoms with Crippen LogP contribution in [0.25, 0.3) is 0 Å². The molecule has 0 aliphatic rings. The van der Waals surface area contributed by atoms with E-state index in [2.05, 4.69) is 56.0 Å². The first-order valence-electron chi connectivity index (χ1n) is 9.10. The summed E-state index contributed by atoms with van der Waals surface area (Å²) >= 11 is 0. The second kappa shape index (κ2) is 9.15. The molecule has 0 rings (SSSR count). The predicted molar refractivity (Wildman–Crippen MR) is 96.5 cm³/mol. The highest BCUT2D eigenvalue weighted by Crippen LogP contribution is 2.26. The zero-order valence-corrected chi connectivity index (χ0v) is 16.5. The predicted octanol–water partition coefficient (Wildman–Crippen LogP) is 4.55. The van der Waals surface area contributed by atoms with Gasteiger partial charge in [0.25, 0.3) is 0 Å². The van der Waals surface area contributed by atoms with Gasteiger partial charge in [-0.2, -0.15) is 0 Å².